The van der Waals surface area contributed by atoms with Gasteiger partial charge in [-0.1, -0.05) is 0 Å². The third kappa shape index (κ3) is 3.41. The molecule has 0 saturated carbocycles. The van der Waals surface area contributed by atoms with E-state index < -0.39 is 19.8 Å². The van der Waals surface area contributed by atoms with Crippen LogP contribution in [0.4, 0.5) is 0 Å². The average Bonchev–Trinajstić information content (AvgIpc) is 2.35. The van der Waals surface area contributed by atoms with Crippen LogP contribution >= 0.6 is 8.96 Å². The molecule has 1 aromatic rings. The van der Waals surface area contributed by atoms with Crippen LogP contribution in [0, 0.1) is 0 Å². The van der Waals surface area contributed by atoms with E-state index in [1.165, 1.54) is 13.2 Å². The molecule has 16 heavy (non-hydrogen) atoms. The van der Waals surface area contributed by atoms with Crippen LogP contribution in [0.2, 0.25) is 0 Å². The zero-order chi connectivity index (χ0) is 12.0. The second-order valence-corrected chi connectivity index (χ2v) is 5.30. The second-order valence-electron chi connectivity index (χ2n) is 2.82. The molecule has 5 heteroatoms. The Hall–Kier alpha value is -0.690. The standard InChI is InChI=1S/C11H11ClO3Te/c1-14-8-3-4-11(15-2)9(7-8)10(13)5-6-16-12/h3-7H,1-2H3/b6-5-. The second kappa shape index (κ2) is 6.80. The minimum atomic E-state index is -0.700. The molecule has 0 N–H and O–H groups in total. The van der Waals surface area contributed by atoms with Gasteiger partial charge in [0.05, 0.1) is 0 Å². The van der Waals surface area contributed by atoms with Crippen LogP contribution in [0.25, 0.3) is 0 Å². The molecule has 1 rings (SSSR count). The number of methoxy groups -OCH3 is 2. The van der Waals surface area contributed by atoms with Crippen LogP contribution in [-0.2, 0) is 0 Å². The van der Waals surface area contributed by atoms with Crippen molar-refractivity contribution in [2.45, 2.75) is 0 Å². The van der Waals surface area contributed by atoms with Crippen molar-refractivity contribution in [1.82, 2.24) is 0 Å². The molecule has 0 bridgehead atoms. The fraction of sp³-hybridized carbons (Fsp3) is 0.182. The van der Waals surface area contributed by atoms with Crippen LogP contribution in [-0.4, -0.2) is 39.8 Å². The molecular weight excluding hydrogens is 343 g/mol. The normalized spacial score (nSPS) is 10.4. The van der Waals surface area contributed by atoms with E-state index in [1.807, 2.05) is 0 Å². The summed E-state index contributed by atoms with van der Waals surface area (Å²) in [5, 5.41) is 0. The van der Waals surface area contributed by atoms with E-state index in [0.717, 1.165) is 0 Å². The monoisotopic (exact) mass is 356 g/mol. The fourth-order valence-corrected chi connectivity index (χ4v) is 2.03. The van der Waals surface area contributed by atoms with Gasteiger partial charge in [0.2, 0.25) is 0 Å². The number of allylic oxidation sites excluding steroid dienone is 1. The van der Waals surface area contributed by atoms with Crippen LogP contribution in [0.1, 0.15) is 10.4 Å². The topological polar surface area (TPSA) is 35.5 Å². The Bertz CT molecular complexity index is 404. The summed E-state index contributed by atoms with van der Waals surface area (Å²) in [6.07, 6.45) is 1.48. The molecule has 1 aromatic carbocycles. The number of carbonyl (C=O) groups excluding carboxylic acids is 1. The summed E-state index contributed by atoms with van der Waals surface area (Å²) in [5.74, 6) is 1.03. The Balaban J connectivity index is 3.08. The van der Waals surface area contributed by atoms with E-state index >= 15 is 0 Å². The predicted molar refractivity (Wildman–Crippen MR) is 64.6 cm³/mol. The van der Waals surface area contributed by atoms with Crippen molar-refractivity contribution in [1.29, 1.82) is 0 Å². The van der Waals surface area contributed by atoms with E-state index in [-0.39, 0.29) is 5.78 Å². The number of hydrogen-bond acceptors (Lipinski definition) is 3. The molecule has 0 aliphatic heterocycles. The van der Waals surface area contributed by atoms with Gasteiger partial charge in [0.15, 0.2) is 0 Å². The van der Waals surface area contributed by atoms with Gasteiger partial charge in [-0.3, -0.25) is 0 Å². The SMILES string of the molecule is COc1ccc(OC)c(C(=O)/C=C\[Te]Cl)c1. The molecule has 0 aromatic heterocycles. The third-order valence-electron chi connectivity index (χ3n) is 1.94. The van der Waals surface area contributed by atoms with Gasteiger partial charge >= 0.3 is 108 Å². The van der Waals surface area contributed by atoms with Crippen molar-refractivity contribution in [3.8, 4) is 11.5 Å². The Labute approximate surface area is 108 Å². The number of rotatable bonds is 5. The van der Waals surface area contributed by atoms with Gasteiger partial charge in [0, 0.05) is 0 Å². The van der Waals surface area contributed by atoms with Crippen LogP contribution < -0.4 is 9.47 Å². The molecule has 0 atom stereocenters. The summed E-state index contributed by atoms with van der Waals surface area (Å²) in [4.78, 5) is 11.8. The number of halogens is 1. The first-order chi connectivity index (χ1) is 7.72. The summed E-state index contributed by atoms with van der Waals surface area (Å²) >= 11 is -0.700. The molecule has 86 valence electrons. The van der Waals surface area contributed by atoms with E-state index in [4.69, 9.17) is 18.4 Å². The summed E-state index contributed by atoms with van der Waals surface area (Å²) in [6, 6.07) is 5.10. The Kier molecular flexibility index (Phi) is 5.68. The number of ketones is 1. The Morgan fingerprint density at radius 3 is 2.69 bits per heavy atom. The first kappa shape index (κ1) is 13.4. The first-order valence-electron chi connectivity index (χ1n) is 4.43. The summed E-state index contributed by atoms with van der Waals surface area (Å²) in [5.41, 5.74) is 0.482. The molecular formula is C11H11ClO3Te. The summed E-state index contributed by atoms with van der Waals surface area (Å²) < 4.78 is 11.9. The first-order valence-corrected chi connectivity index (χ1v) is 8.73. The quantitative estimate of drug-likeness (QED) is 0.462. The molecule has 3 nitrogen and oxygen atoms in total. The van der Waals surface area contributed by atoms with Gasteiger partial charge < -0.3 is 0 Å². The van der Waals surface area contributed by atoms with Gasteiger partial charge in [0.25, 0.3) is 0 Å². The van der Waals surface area contributed by atoms with Crippen molar-refractivity contribution in [3.63, 3.8) is 0 Å². The van der Waals surface area contributed by atoms with Crippen molar-refractivity contribution in [2.75, 3.05) is 14.2 Å². The summed E-state index contributed by atoms with van der Waals surface area (Å²) in [6.45, 7) is 0. The van der Waals surface area contributed by atoms with Crippen molar-refractivity contribution >= 4 is 34.6 Å². The predicted octanol–water partition coefficient (Wildman–Crippen LogP) is 2.26. The maximum atomic E-state index is 11.8. The van der Waals surface area contributed by atoms with Gasteiger partial charge in [0.1, 0.15) is 0 Å². The Morgan fingerprint density at radius 2 is 2.12 bits per heavy atom. The van der Waals surface area contributed by atoms with Crippen LogP contribution in [0.3, 0.4) is 0 Å². The van der Waals surface area contributed by atoms with Crippen molar-refractivity contribution in [3.05, 3.63) is 34.0 Å². The zero-order valence-electron chi connectivity index (χ0n) is 8.90. The van der Waals surface area contributed by atoms with Crippen LogP contribution in [0.5, 0.6) is 11.5 Å². The molecule has 0 heterocycles. The zero-order valence-corrected chi connectivity index (χ0v) is 12.0. The van der Waals surface area contributed by atoms with Gasteiger partial charge in [-0.25, -0.2) is 0 Å². The van der Waals surface area contributed by atoms with Gasteiger partial charge in [-0.2, -0.15) is 0 Å². The molecule has 0 saturated heterocycles. The Morgan fingerprint density at radius 1 is 1.38 bits per heavy atom. The molecule has 0 radical (unpaired) electrons. The molecule has 0 aliphatic carbocycles. The van der Waals surface area contributed by atoms with E-state index in [9.17, 15) is 4.79 Å². The third-order valence-corrected chi connectivity index (χ3v) is 3.32. The molecule has 0 fully saturated rings. The van der Waals surface area contributed by atoms with Gasteiger partial charge in [-0.05, 0) is 0 Å². The van der Waals surface area contributed by atoms with Crippen molar-refractivity contribution in [2.24, 2.45) is 0 Å². The van der Waals surface area contributed by atoms with E-state index in [1.54, 1.807) is 29.4 Å². The minimum absolute atomic E-state index is 0.124. The molecule has 0 amide bonds. The number of carbonyl (C=O) groups is 1. The number of ether oxygens (including phenoxy) is 2. The number of benzene rings is 1. The molecule has 0 aliphatic rings. The fourth-order valence-electron chi connectivity index (χ4n) is 1.18. The van der Waals surface area contributed by atoms with E-state index in [2.05, 4.69) is 0 Å². The molecule has 0 spiro atoms. The van der Waals surface area contributed by atoms with Crippen molar-refractivity contribution < 1.29 is 14.3 Å². The van der Waals surface area contributed by atoms with Gasteiger partial charge in [-0.15, -0.1) is 0 Å². The van der Waals surface area contributed by atoms with Crippen LogP contribution in [0.15, 0.2) is 28.4 Å². The maximum absolute atomic E-state index is 11.8. The number of hydrogen-bond donors (Lipinski definition) is 0. The van der Waals surface area contributed by atoms with E-state index in [0.29, 0.717) is 17.1 Å². The molecule has 0 unspecified atom stereocenters. The summed E-state index contributed by atoms with van der Waals surface area (Å²) in [7, 11) is 8.68. The average molecular weight is 354 g/mol.